The Morgan fingerprint density at radius 3 is 2.10 bits per heavy atom. The first-order valence-electron chi connectivity index (χ1n) is 12.5. The lowest BCUT2D eigenvalue weighted by Crippen LogP contribution is -2.52. The second-order valence-electron chi connectivity index (χ2n) is 13.2. The third-order valence-electron chi connectivity index (χ3n) is 8.99. The average Bonchev–Trinajstić information content (AvgIpc) is 2.84. The Kier molecular flexibility index (Phi) is 5.42. The lowest BCUT2D eigenvalue weighted by molar-refractivity contribution is -0.104. The molecule has 3 fully saturated rings. The minimum absolute atomic E-state index is 0.203. The van der Waals surface area contributed by atoms with Gasteiger partial charge in [-0.05, 0) is 107 Å². The highest BCUT2D eigenvalue weighted by atomic mass is 28.4. The summed E-state index contributed by atoms with van der Waals surface area (Å²) >= 11 is 0. The SMILES string of the molecule is C[C@]12CCCCC1CC[C@@H]1[C@@H]2CC[C@]2(C)C(O[Si](C)(C)C)=C(O[Si](C)(C)C)C[C@@H]12. The fourth-order valence-electron chi connectivity index (χ4n) is 7.82. The predicted octanol–water partition coefficient (Wildman–Crippen LogP) is 7.94. The van der Waals surface area contributed by atoms with Gasteiger partial charge in [0.15, 0.2) is 0 Å². The van der Waals surface area contributed by atoms with Crippen molar-refractivity contribution in [3.05, 3.63) is 11.5 Å². The molecule has 0 amide bonds. The van der Waals surface area contributed by atoms with E-state index in [9.17, 15) is 0 Å². The molecule has 29 heavy (non-hydrogen) atoms. The van der Waals surface area contributed by atoms with Crippen LogP contribution in [0, 0.1) is 34.5 Å². The normalized spacial score (nSPS) is 42.8. The molecule has 3 saturated carbocycles. The standard InChI is InChI=1S/C25H46O2Si2/c1-24-15-10-9-11-18(24)12-13-19-20(24)14-16-25(2)21(19)17-22(26-28(3,4)5)23(25)27-29(6,7)8/h18-21H,9-17H2,1-8H3/t18?,19-,20+,21+,24+,25+/m1/s1. The monoisotopic (exact) mass is 434 g/mol. The van der Waals surface area contributed by atoms with E-state index < -0.39 is 16.6 Å². The van der Waals surface area contributed by atoms with Crippen molar-refractivity contribution in [2.24, 2.45) is 34.5 Å². The van der Waals surface area contributed by atoms with Crippen molar-refractivity contribution >= 4 is 16.6 Å². The van der Waals surface area contributed by atoms with Crippen LogP contribution in [0.3, 0.4) is 0 Å². The molecule has 4 rings (SSSR count). The molecule has 0 aromatic carbocycles. The van der Waals surface area contributed by atoms with Gasteiger partial charge in [-0.1, -0.05) is 26.7 Å². The molecule has 0 heterocycles. The van der Waals surface area contributed by atoms with Crippen molar-refractivity contribution in [2.75, 3.05) is 0 Å². The molecule has 4 heteroatoms. The van der Waals surface area contributed by atoms with Gasteiger partial charge in [0.05, 0.1) is 0 Å². The van der Waals surface area contributed by atoms with E-state index in [0.29, 0.717) is 5.41 Å². The summed E-state index contributed by atoms with van der Waals surface area (Å²) in [5.74, 6) is 6.08. The van der Waals surface area contributed by atoms with Crippen LogP contribution in [-0.2, 0) is 8.85 Å². The zero-order valence-electron chi connectivity index (χ0n) is 20.5. The maximum Gasteiger partial charge on any atom is 0.241 e. The molecule has 6 atom stereocenters. The molecular weight excluding hydrogens is 388 g/mol. The van der Waals surface area contributed by atoms with Gasteiger partial charge >= 0.3 is 0 Å². The number of fused-ring (bicyclic) bond motifs is 5. The Morgan fingerprint density at radius 2 is 1.45 bits per heavy atom. The van der Waals surface area contributed by atoms with Crippen molar-refractivity contribution in [1.82, 2.24) is 0 Å². The quantitative estimate of drug-likeness (QED) is 0.418. The van der Waals surface area contributed by atoms with E-state index >= 15 is 0 Å². The van der Waals surface area contributed by atoms with Crippen LogP contribution in [0.15, 0.2) is 11.5 Å². The molecule has 0 aromatic rings. The lowest BCUT2D eigenvalue weighted by Gasteiger charge is -2.60. The van der Waals surface area contributed by atoms with Gasteiger partial charge < -0.3 is 8.85 Å². The molecule has 0 aromatic heterocycles. The average molecular weight is 435 g/mol. The fourth-order valence-corrected chi connectivity index (χ4v) is 9.70. The topological polar surface area (TPSA) is 18.5 Å². The minimum atomic E-state index is -1.67. The molecule has 0 bridgehead atoms. The Balaban J connectivity index is 1.67. The van der Waals surface area contributed by atoms with Crippen LogP contribution in [0.4, 0.5) is 0 Å². The second kappa shape index (κ2) is 7.15. The van der Waals surface area contributed by atoms with E-state index in [1.54, 1.807) is 0 Å². The molecule has 166 valence electrons. The van der Waals surface area contributed by atoms with E-state index in [1.165, 1.54) is 62.9 Å². The van der Waals surface area contributed by atoms with Crippen LogP contribution in [0.2, 0.25) is 39.3 Å². The number of hydrogen-bond acceptors (Lipinski definition) is 2. The van der Waals surface area contributed by atoms with Crippen LogP contribution < -0.4 is 0 Å². The summed E-state index contributed by atoms with van der Waals surface area (Å²) in [6.07, 6.45) is 12.7. The molecule has 2 nitrogen and oxygen atoms in total. The molecule has 4 aliphatic rings. The van der Waals surface area contributed by atoms with Crippen molar-refractivity contribution in [1.29, 1.82) is 0 Å². The highest BCUT2D eigenvalue weighted by Gasteiger charge is 2.60. The summed E-state index contributed by atoms with van der Waals surface area (Å²) in [7, 11) is -3.32. The number of allylic oxidation sites excluding steroid dienone is 2. The first kappa shape index (κ1) is 22.0. The molecule has 0 saturated heterocycles. The van der Waals surface area contributed by atoms with Crippen LogP contribution >= 0.6 is 0 Å². The summed E-state index contributed by atoms with van der Waals surface area (Å²) in [5, 5.41) is 0. The Morgan fingerprint density at radius 1 is 0.759 bits per heavy atom. The Bertz CT molecular complexity index is 673. The van der Waals surface area contributed by atoms with Gasteiger partial charge in [-0.15, -0.1) is 0 Å². The summed E-state index contributed by atoms with van der Waals surface area (Å²) in [5.41, 5.74) is 0.805. The molecule has 0 radical (unpaired) electrons. The Labute approximate surface area is 182 Å². The molecule has 0 N–H and O–H groups in total. The van der Waals surface area contributed by atoms with Gasteiger partial charge in [0, 0.05) is 11.8 Å². The second-order valence-corrected chi connectivity index (χ2v) is 22.1. The predicted molar refractivity (Wildman–Crippen MR) is 128 cm³/mol. The smallest absolute Gasteiger partial charge is 0.241 e. The zero-order valence-corrected chi connectivity index (χ0v) is 22.5. The van der Waals surface area contributed by atoms with Crippen LogP contribution in [0.25, 0.3) is 0 Å². The summed E-state index contributed by atoms with van der Waals surface area (Å²) < 4.78 is 13.6. The lowest BCUT2D eigenvalue weighted by atomic mass is 9.45. The summed E-state index contributed by atoms with van der Waals surface area (Å²) in [6.45, 7) is 19.2. The maximum absolute atomic E-state index is 6.86. The number of rotatable bonds is 4. The highest BCUT2D eigenvalue weighted by molar-refractivity contribution is 6.70. The fraction of sp³-hybridized carbons (Fsp3) is 0.920. The molecule has 0 aliphatic heterocycles. The largest absolute Gasteiger partial charge is 0.545 e. The third-order valence-corrected chi connectivity index (χ3v) is 10.7. The molecule has 1 unspecified atom stereocenters. The van der Waals surface area contributed by atoms with Gasteiger partial charge in [-0.2, -0.15) is 0 Å². The highest BCUT2D eigenvalue weighted by Crippen LogP contribution is 2.67. The van der Waals surface area contributed by atoms with E-state index in [2.05, 4.69) is 53.1 Å². The van der Waals surface area contributed by atoms with Crippen molar-refractivity contribution < 1.29 is 8.85 Å². The van der Waals surface area contributed by atoms with Crippen molar-refractivity contribution in [3.63, 3.8) is 0 Å². The molecule has 0 spiro atoms. The third kappa shape index (κ3) is 3.90. The van der Waals surface area contributed by atoms with E-state index in [1.807, 2.05) is 0 Å². The van der Waals surface area contributed by atoms with Crippen LogP contribution in [0.1, 0.15) is 71.6 Å². The van der Waals surface area contributed by atoms with E-state index in [4.69, 9.17) is 8.85 Å². The van der Waals surface area contributed by atoms with Gasteiger partial charge in [0.1, 0.15) is 11.5 Å². The van der Waals surface area contributed by atoms with Gasteiger partial charge in [0.25, 0.3) is 0 Å². The summed E-state index contributed by atoms with van der Waals surface area (Å²) in [4.78, 5) is 0. The van der Waals surface area contributed by atoms with Gasteiger partial charge in [-0.25, -0.2) is 0 Å². The Hall–Kier alpha value is -0.226. The van der Waals surface area contributed by atoms with Crippen molar-refractivity contribution in [2.45, 2.75) is 111 Å². The molecule has 4 aliphatic carbocycles. The molecular formula is C25H46O2Si2. The van der Waals surface area contributed by atoms with Crippen molar-refractivity contribution in [3.8, 4) is 0 Å². The van der Waals surface area contributed by atoms with Crippen LogP contribution in [-0.4, -0.2) is 16.6 Å². The first-order chi connectivity index (χ1) is 13.3. The van der Waals surface area contributed by atoms with Gasteiger partial charge in [0.2, 0.25) is 16.6 Å². The number of hydrogen-bond donors (Lipinski definition) is 0. The van der Waals surface area contributed by atoms with E-state index in [0.717, 1.165) is 30.1 Å². The van der Waals surface area contributed by atoms with Crippen LogP contribution in [0.5, 0.6) is 0 Å². The zero-order chi connectivity index (χ0) is 21.2. The van der Waals surface area contributed by atoms with E-state index in [-0.39, 0.29) is 5.41 Å². The minimum Gasteiger partial charge on any atom is -0.545 e. The first-order valence-corrected chi connectivity index (χ1v) is 19.3. The van der Waals surface area contributed by atoms with Gasteiger partial charge in [-0.3, -0.25) is 0 Å². The summed E-state index contributed by atoms with van der Waals surface area (Å²) in [6, 6.07) is 0. The maximum atomic E-state index is 6.86.